The highest BCUT2D eigenvalue weighted by Gasteiger charge is 2.58. The number of carbonyl (C=O) groups excluding carboxylic acids is 2. The number of hydrogen-bond acceptors (Lipinski definition) is 4. The number of esters is 1. The fraction of sp³-hybridized carbons (Fsp3) is 0.667. The largest absolute Gasteiger partial charge is 0.442 e. The number of hydrogen-bond donors (Lipinski definition) is 0. The molecule has 25 heavy (non-hydrogen) atoms. The van der Waals surface area contributed by atoms with Gasteiger partial charge in [-0.2, -0.15) is 0 Å². The lowest BCUT2D eigenvalue weighted by Crippen LogP contribution is -2.51. The maximum absolute atomic E-state index is 14.3. The minimum atomic E-state index is -2.42. The Hall–Kier alpha value is -1.34. The van der Waals surface area contributed by atoms with E-state index in [1.165, 1.54) is 0 Å². The Labute approximate surface area is 148 Å². The third-order valence-electron chi connectivity index (χ3n) is 5.37. The maximum Gasteiger partial charge on any atom is 0.335 e. The van der Waals surface area contributed by atoms with Crippen molar-refractivity contribution in [2.45, 2.75) is 76.3 Å². The van der Waals surface area contributed by atoms with Gasteiger partial charge in [-0.15, -0.1) is 0 Å². The van der Waals surface area contributed by atoms with Crippen LogP contribution in [0.15, 0.2) is 23.8 Å². The Morgan fingerprint density at radius 2 is 1.48 bits per heavy atom. The SMILES string of the molecule is CC(C)[Si](O[C@@H]1CC2(OC1=O)C(F)=CC(=O)C=C2F)(C(C)C)C(C)C. The Kier molecular flexibility index (Phi) is 5.40. The van der Waals surface area contributed by atoms with Crippen molar-refractivity contribution in [2.24, 2.45) is 0 Å². The average Bonchev–Trinajstić information content (AvgIpc) is 2.79. The van der Waals surface area contributed by atoms with E-state index in [0.29, 0.717) is 12.2 Å². The van der Waals surface area contributed by atoms with Crippen LogP contribution in [-0.2, 0) is 18.8 Å². The van der Waals surface area contributed by atoms with Crippen molar-refractivity contribution >= 4 is 20.1 Å². The van der Waals surface area contributed by atoms with Gasteiger partial charge in [0.25, 0.3) is 0 Å². The summed E-state index contributed by atoms with van der Waals surface area (Å²) in [6.07, 6.45) is 0.00319. The molecule has 0 unspecified atom stereocenters. The predicted octanol–water partition coefficient (Wildman–Crippen LogP) is 4.52. The lowest BCUT2D eigenvalue weighted by molar-refractivity contribution is -0.150. The van der Waals surface area contributed by atoms with Crippen LogP contribution in [0.25, 0.3) is 0 Å². The zero-order chi connectivity index (χ0) is 19.2. The zero-order valence-corrected chi connectivity index (χ0v) is 16.6. The zero-order valence-electron chi connectivity index (χ0n) is 15.6. The molecule has 0 radical (unpaired) electrons. The molecule has 0 N–H and O–H groups in total. The molecule has 2 rings (SSSR count). The number of ketones is 1. The van der Waals surface area contributed by atoms with Gasteiger partial charge in [0.15, 0.2) is 17.4 Å². The Morgan fingerprint density at radius 1 is 1.04 bits per heavy atom. The molecule has 0 bridgehead atoms. The van der Waals surface area contributed by atoms with Crippen LogP contribution in [0.4, 0.5) is 8.78 Å². The van der Waals surface area contributed by atoms with Gasteiger partial charge in [-0.1, -0.05) is 41.5 Å². The molecule has 4 nitrogen and oxygen atoms in total. The van der Waals surface area contributed by atoms with E-state index in [0.717, 1.165) is 0 Å². The molecule has 1 heterocycles. The molecule has 2 aliphatic rings. The van der Waals surface area contributed by atoms with Gasteiger partial charge in [0.1, 0.15) is 6.10 Å². The van der Waals surface area contributed by atoms with Gasteiger partial charge in [0.2, 0.25) is 13.9 Å². The van der Waals surface area contributed by atoms with E-state index in [2.05, 4.69) is 41.5 Å². The van der Waals surface area contributed by atoms with Crippen LogP contribution < -0.4 is 0 Å². The van der Waals surface area contributed by atoms with Crippen LogP contribution in [0.1, 0.15) is 48.0 Å². The predicted molar refractivity (Wildman–Crippen MR) is 92.8 cm³/mol. The second-order valence-electron chi connectivity index (χ2n) is 7.76. The fourth-order valence-corrected chi connectivity index (χ4v) is 9.79. The lowest BCUT2D eigenvalue weighted by atomic mass is 9.91. The molecule has 1 atom stereocenters. The quantitative estimate of drug-likeness (QED) is 0.526. The molecule has 1 saturated heterocycles. The Balaban J connectivity index is 2.36. The Bertz CT molecular complexity index is 593. The van der Waals surface area contributed by atoms with Crippen LogP contribution in [0, 0.1) is 0 Å². The first-order valence-electron chi connectivity index (χ1n) is 8.67. The average molecular weight is 372 g/mol. The van der Waals surface area contributed by atoms with Crippen LogP contribution >= 0.6 is 0 Å². The monoisotopic (exact) mass is 372 g/mol. The van der Waals surface area contributed by atoms with Crippen molar-refractivity contribution in [3.63, 3.8) is 0 Å². The standard InChI is InChI=1S/C18H26F2O4Si/c1-10(2)25(11(3)4,12(5)6)24-14-9-18(23-17(14)22)15(19)7-13(21)8-16(18)20/h7-8,10-12,14H,9H2,1-6H3/t14-/m1/s1. The molecule has 1 aliphatic heterocycles. The number of rotatable bonds is 5. The Morgan fingerprint density at radius 3 is 1.88 bits per heavy atom. The smallest absolute Gasteiger partial charge is 0.335 e. The first-order chi connectivity index (χ1) is 11.5. The van der Waals surface area contributed by atoms with Crippen molar-refractivity contribution in [1.82, 2.24) is 0 Å². The van der Waals surface area contributed by atoms with E-state index in [-0.39, 0.29) is 23.0 Å². The van der Waals surface area contributed by atoms with Crippen molar-refractivity contribution < 1.29 is 27.5 Å². The molecule has 0 aromatic heterocycles. The molecule has 140 valence electrons. The molecule has 1 aliphatic carbocycles. The summed E-state index contributed by atoms with van der Waals surface area (Å²) in [6.45, 7) is 12.3. The van der Waals surface area contributed by atoms with Crippen LogP contribution in [0.5, 0.6) is 0 Å². The van der Waals surface area contributed by atoms with Gasteiger partial charge in [-0.3, -0.25) is 4.79 Å². The lowest BCUT2D eigenvalue weighted by Gasteiger charge is -2.43. The van der Waals surface area contributed by atoms with E-state index in [1.54, 1.807) is 0 Å². The van der Waals surface area contributed by atoms with Crippen molar-refractivity contribution in [3.8, 4) is 0 Å². The third kappa shape index (κ3) is 3.12. The first-order valence-corrected chi connectivity index (χ1v) is 10.8. The number of allylic oxidation sites excluding steroid dienone is 2. The number of ether oxygens (including phenoxy) is 1. The molecular formula is C18H26F2O4Si. The van der Waals surface area contributed by atoms with Gasteiger partial charge in [-0.05, 0) is 16.6 Å². The topological polar surface area (TPSA) is 52.6 Å². The minimum absolute atomic E-state index is 0.213. The van der Waals surface area contributed by atoms with Gasteiger partial charge < -0.3 is 9.16 Å². The highest BCUT2D eigenvalue weighted by Crippen LogP contribution is 2.48. The molecule has 7 heteroatoms. The maximum atomic E-state index is 14.3. The van der Waals surface area contributed by atoms with E-state index in [9.17, 15) is 18.4 Å². The number of carbonyl (C=O) groups is 2. The van der Waals surface area contributed by atoms with Gasteiger partial charge in [0.05, 0.1) is 0 Å². The summed E-state index contributed by atoms with van der Waals surface area (Å²) in [6, 6.07) is 0. The second-order valence-corrected chi connectivity index (χ2v) is 13.2. The fourth-order valence-electron chi connectivity index (χ4n) is 4.30. The highest BCUT2D eigenvalue weighted by atomic mass is 28.4. The molecule has 0 aromatic carbocycles. The summed E-state index contributed by atoms with van der Waals surface area (Å²) >= 11 is 0. The summed E-state index contributed by atoms with van der Waals surface area (Å²) < 4.78 is 40.1. The van der Waals surface area contributed by atoms with Gasteiger partial charge in [0, 0.05) is 18.6 Å². The normalized spacial score (nSPS) is 23.6. The first kappa shape index (κ1) is 20.0. The molecule has 0 aromatic rings. The summed E-state index contributed by atoms with van der Waals surface area (Å²) in [5.41, 5.74) is -1.50. The van der Waals surface area contributed by atoms with Crippen LogP contribution in [-0.4, -0.2) is 31.8 Å². The van der Waals surface area contributed by atoms with Crippen LogP contribution in [0.3, 0.4) is 0 Å². The van der Waals surface area contributed by atoms with E-state index in [1.807, 2.05) is 0 Å². The van der Waals surface area contributed by atoms with Crippen molar-refractivity contribution in [2.75, 3.05) is 0 Å². The van der Waals surface area contributed by atoms with E-state index in [4.69, 9.17) is 9.16 Å². The molecular weight excluding hydrogens is 346 g/mol. The van der Waals surface area contributed by atoms with Crippen molar-refractivity contribution in [1.29, 1.82) is 0 Å². The third-order valence-corrected chi connectivity index (χ3v) is 11.5. The van der Waals surface area contributed by atoms with Gasteiger partial charge >= 0.3 is 5.97 Å². The second kappa shape index (κ2) is 6.76. The summed E-state index contributed by atoms with van der Waals surface area (Å²) in [5, 5.41) is 0. The molecule has 0 amide bonds. The molecule has 1 spiro atoms. The highest BCUT2D eigenvalue weighted by molar-refractivity contribution is 6.77. The molecule has 1 fully saturated rings. The van der Waals surface area contributed by atoms with Gasteiger partial charge in [-0.25, -0.2) is 13.6 Å². The van der Waals surface area contributed by atoms with E-state index >= 15 is 0 Å². The summed E-state index contributed by atoms with van der Waals surface area (Å²) in [5.74, 6) is -3.73. The summed E-state index contributed by atoms with van der Waals surface area (Å²) in [4.78, 5) is 23.7. The van der Waals surface area contributed by atoms with E-state index < -0.39 is 43.4 Å². The molecule has 0 saturated carbocycles. The minimum Gasteiger partial charge on any atom is -0.442 e. The van der Waals surface area contributed by atoms with Crippen LogP contribution in [0.2, 0.25) is 16.6 Å². The van der Waals surface area contributed by atoms with Crippen molar-refractivity contribution in [3.05, 3.63) is 23.8 Å². The summed E-state index contributed by atoms with van der Waals surface area (Å²) in [7, 11) is -2.42. The number of halogens is 2.